The highest BCUT2D eigenvalue weighted by Crippen LogP contribution is 2.36. The van der Waals surface area contributed by atoms with Gasteiger partial charge in [-0.05, 0) is 35.7 Å². The van der Waals surface area contributed by atoms with Crippen molar-refractivity contribution in [2.24, 2.45) is 0 Å². The molecule has 18 heavy (non-hydrogen) atoms. The quantitative estimate of drug-likeness (QED) is 0.752. The van der Waals surface area contributed by atoms with E-state index in [9.17, 15) is 9.90 Å². The number of nitrogens with zero attached hydrogens (tertiary/aromatic N) is 1. The lowest BCUT2D eigenvalue weighted by molar-refractivity contribution is -0.116. The van der Waals surface area contributed by atoms with Gasteiger partial charge in [-0.25, -0.2) is 0 Å². The molecule has 0 saturated carbocycles. The summed E-state index contributed by atoms with van der Waals surface area (Å²) >= 11 is 0. The number of benzene rings is 1. The summed E-state index contributed by atoms with van der Waals surface area (Å²) in [5, 5.41) is 12.7. The van der Waals surface area contributed by atoms with Crippen LogP contribution in [0.25, 0.3) is 11.1 Å². The summed E-state index contributed by atoms with van der Waals surface area (Å²) in [7, 11) is 0. The predicted molar refractivity (Wildman–Crippen MR) is 68.3 cm³/mol. The maximum Gasteiger partial charge on any atom is 0.224 e. The molecule has 0 bridgehead atoms. The molecular weight excluding hydrogens is 228 g/mol. The maximum atomic E-state index is 11.3. The van der Waals surface area contributed by atoms with E-state index in [1.807, 2.05) is 18.2 Å². The lowest BCUT2D eigenvalue weighted by atomic mass is 9.97. The van der Waals surface area contributed by atoms with Crippen LogP contribution in [0.5, 0.6) is 5.75 Å². The standard InChI is InChI=1S/C14H12N2O2/c17-12-7-11(10-2-1-5-15-8-10)6-9-3-4-13(18)16-14(9)12/h1-2,5-8,17H,3-4H2,(H,16,18). The highest BCUT2D eigenvalue weighted by Gasteiger charge is 2.19. The van der Waals surface area contributed by atoms with Gasteiger partial charge in [0, 0.05) is 24.4 Å². The number of nitrogens with one attached hydrogen (secondary N) is 1. The van der Waals surface area contributed by atoms with Crippen LogP contribution >= 0.6 is 0 Å². The smallest absolute Gasteiger partial charge is 0.224 e. The summed E-state index contributed by atoms with van der Waals surface area (Å²) in [5.41, 5.74) is 3.37. The summed E-state index contributed by atoms with van der Waals surface area (Å²) in [6, 6.07) is 7.44. The van der Waals surface area contributed by atoms with Crippen molar-refractivity contribution in [2.45, 2.75) is 12.8 Å². The summed E-state index contributed by atoms with van der Waals surface area (Å²) in [5.74, 6) is 0.0614. The topological polar surface area (TPSA) is 62.2 Å². The Morgan fingerprint density at radius 3 is 2.89 bits per heavy atom. The van der Waals surface area contributed by atoms with Gasteiger partial charge in [0.25, 0.3) is 0 Å². The molecule has 2 aromatic rings. The Bertz CT molecular complexity index is 609. The number of aromatic hydroxyl groups is 1. The van der Waals surface area contributed by atoms with Gasteiger partial charge in [-0.15, -0.1) is 0 Å². The fourth-order valence-electron chi connectivity index (χ4n) is 2.18. The number of hydrogen-bond donors (Lipinski definition) is 2. The number of aryl methyl sites for hydroxylation is 1. The third-order valence-corrected chi connectivity index (χ3v) is 3.08. The van der Waals surface area contributed by atoms with E-state index in [2.05, 4.69) is 10.3 Å². The lowest BCUT2D eigenvalue weighted by Gasteiger charge is -2.19. The number of phenols is 1. The summed E-state index contributed by atoms with van der Waals surface area (Å²) in [6.45, 7) is 0. The minimum absolute atomic E-state index is 0.0491. The Hall–Kier alpha value is -2.36. The van der Waals surface area contributed by atoms with E-state index >= 15 is 0 Å². The van der Waals surface area contributed by atoms with Crippen LogP contribution in [0, 0.1) is 0 Å². The number of aromatic nitrogens is 1. The molecule has 1 aromatic carbocycles. The van der Waals surface area contributed by atoms with E-state index in [0.29, 0.717) is 18.5 Å². The molecule has 0 fully saturated rings. The number of carbonyl (C=O) groups excluding carboxylic acids is 1. The molecule has 0 radical (unpaired) electrons. The van der Waals surface area contributed by atoms with Gasteiger partial charge in [0.05, 0.1) is 5.69 Å². The first kappa shape index (κ1) is 10.8. The third kappa shape index (κ3) is 1.82. The second-order valence-corrected chi connectivity index (χ2v) is 4.32. The van der Waals surface area contributed by atoms with Crippen molar-refractivity contribution in [1.82, 2.24) is 4.98 Å². The molecule has 0 saturated heterocycles. The van der Waals surface area contributed by atoms with Crippen LogP contribution in [0.15, 0.2) is 36.7 Å². The van der Waals surface area contributed by atoms with Crippen LogP contribution in [0.3, 0.4) is 0 Å². The molecule has 0 unspecified atom stereocenters. The predicted octanol–water partition coefficient (Wildman–Crippen LogP) is 2.34. The van der Waals surface area contributed by atoms with E-state index in [1.54, 1.807) is 18.5 Å². The highest BCUT2D eigenvalue weighted by molar-refractivity contribution is 5.96. The van der Waals surface area contributed by atoms with Crippen LogP contribution in [-0.2, 0) is 11.2 Å². The largest absolute Gasteiger partial charge is 0.506 e. The maximum absolute atomic E-state index is 11.3. The van der Waals surface area contributed by atoms with Crippen LogP contribution in [0.2, 0.25) is 0 Å². The summed E-state index contributed by atoms with van der Waals surface area (Å²) in [4.78, 5) is 15.4. The molecule has 1 aromatic heterocycles. The van der Waals surface area contributed by atoms with Crippen molar-refractivity contribution >= 4 is 11.6 Å². The highest BCUT2D eigenvalue weighted by atomic mass is 16.3. The Labute approximate surface area is 104 Å². The Kier molecular flexibility index (Phi) is 2.48. The van der Waals surface area contributed by atoms with E-state index < -0.39 is 0 Å². The minimum Gasteiger partial charge on any atom is -0.506 e. The van der Waals surface area contributed by atoms with Gasteiger partial charge in [-0.3, -0.25) is 9.78 Å². The number of rotatable bonds is 1. The first-order valence-electron chi connectivity index (χ1n) is 5.80. The second-order valence-electron chi connectivity index (χ2n) is 4.32. The molecule has 4 nitrogen and oxygen atoms in total. The van der Waals surface area contributed by atoms with E-state index in [4.69, 9.17) is 0 Å². The second kappa shape index (κ2) is 4.14. The van der Waals surface area contributed by atoms with Crippen molar-refractivity contribution in [3.05, 3.63) is 42.2 Å². The van der Waals surface area contributed by atoms with E-state index in [0.717, 1.165) is 16.7 Å². The summed E-state index contributed by atoms with van der Waals surface area (Å²) in [6.07, 6.45) is 4.58. The molecule has 4 heteroatoms. The lowest BCUT2D eigenvalue weighted by Crippen LogP contribution is -2.19. The molecule has 0 atom stereocenters. The molecular formula is C14H12N2O2. The molecule has 1 aliphatic heterocycles. The number of carbonyl (C=O) groups is 1. The molecule has 1 amide bonds. The van der Waals surface area contributed by atoms with Gasteiger partial charge in [0.15, 0.2) is 0 Å². The first-order chi connectivity index (χ1) is 8.74. The molecule has 1 aliphatic rings. The fraction of sp³-hybridized carbons (Fsp3) is 0.143. The molecule has 90 valence electrons. The molecule has 2 heterocycles. The molecule has 0 aliphatic carbocycles. The van der Waals surface area contributed by atoms with Crippen molar-refractivity contribution in [2.75, 3.05) is 5.32 Å². The van der Waals surface area contributed by atoms with Gasteiger partial charge >= 0.3 is 0 Å². The Morgan fingerprint density at radius 1 is 1.22 bits per heavy atom. The van der Waals surface area contributed by atoms with Crippen molar-refractivity contribution < 1.29 is 9.90 Å². The van der Waals surface area contributed by atoms with E-state index in [-0.39, 0.29) is 11.7 Å². The average molecular weight is 240 g/mol. The van der Waals surface area contributed by atoms with Crippen LogP contribution in [0.1, 0.15) is 12.0 Å². The van der Waals surface area contributed by atoms with Crippen LogP contribution in [0.4, 0.5) is 5.69 Å². The Morgan fingerprint density at radius 2 is 2.11 bits per heavy atom. The normalized spacial score (nSPS) is 13.9. The number of anilines is 1. The number of fused-ring (bicyclic) bond motifs is 1. The number of pyridine rings is 1. The number of hydrogen-bond acceptors (Lipinski definition) is 3. The minimum atomic E-state index is -0.0491. The van der Waals surface area contributed by atoms with Crippen molar-refractivity contribution in [1.29, 1.82) is 0 Å². The number of amides is 1. The van der Waals surface area contributed by atoms with Gasteiger partial charge < -0.3 is 10.4 Å². The zero-order valence-corrected chi connectivity index (χ0v) is 9.68. The monoisotopic (exact) mass is 240 g/mol. The SMILES string of the molecule is O=C1CCc2cc(-c3cccnc3)cc(O)c2N1. The van der Waals surface area contributed by atoms with Gasteiger partial charge in [0.1, 0.15) is 5.75 Å². The van der Waals surface area contributed by atoms with E-state index in [1.165, 1.54) is 0 Å². The molecule has 3 rings (SSSR count). The average Bonchev–Trinajstić information content (AvgIpc) is 2.40. The third-order valence-electron chi connectivity index (χ3n) is 3.08. The van der Waals surface area contributed by atoms with Gasteiger partial charge in [0.2, 0.25) is 5.91 Å². The van der Waals surface area contributed by atoms with Gasteiger partial charge in [-0.1, -0.05) is 6.07 Å². The number of phenolic OH excluding ortho intramolecular Hbond substituents is 1. The van der Waals surface area contributed by atoms with Crippen LogP contribution < -0.4 is 5.32 Å². The Balaban J connectivity index is 2.10. The molecule has 0 spiro atoms. The van der Waals surface area contributed by atoms with Crippen molar-refractivity contribution in [3.63, 3.8) is 0 Å². The fourth-order valence-corrected chi connectivity index (χ4v) is 2.18. The zero-order valence-electron chi connectivity index (χ0n) is 9.68. The summed E-state index contributed by atoms with van der Waals surface area (Å²) < 4.78 is 0. The van der Waals surface area contributed by atoms with Gasteiger partial charge in [-0.2, -0.15) is 0 Å². The zero-order chi connectivity index (χ0) is 12.5. The van der Waals surface area contributed by atoms with Crippen LogP contribution in [-0.4, -0.2) is 16.0 Å². The molecule has 2 N–H and O–H groups in total. The van der Waals surface area contributed by atoms with Crippen molar-refractivity contribution in [3.8, 4) is 16.9 Å². The first-order valence-corrected chi connectivity index (χ1v) is 5.80.